The minimum Gasteiger partial charge on any atom is -0.332 e. The molecule has 0 aliphatic heterocycles. The number of rotatable bonds is 12. The Morgan fingerprint density at radius 3 is 1.94 bits per heavy atom. The molecule has 0 aliphatic rings. The van der Waals surface area contributed by atoms with Crippen LogP contribution in [0.3, 0.4) is 0 Å². The van der Waals surface area contributed by atoms with E-state index >= 15 is 0 Å². The fourth-order valence-electron chi connectivity index (χ4n) is 3.43. The minimum absolute atomic E-state index is 0.0244. The quantitative estimate of drug-likeness (QED) is 0.270. The van der Waals surface area contributed by atoms with Gasteiger partial charge in [0.2, 0.25) is 5.91 Å². The van der Waals surface area contributed by atoms with Crippen LogP contribution in [0, 0.1) is 6.42 Å². The van der Waals surface area contributed by atoms with Crippen LogP contribution in [0.2, 0.25) is 0 Å². The van der Waals surface area contributed by atoms with Crippen molar-refractivity contribution in [3.05, 3.63) is 87.1 Å². The Bertz CT molecular complexity index is 970. The van der Waals surface area contributed by atoms with Gasteiger partial charge in [-0.05, 0) is 41.3 Å². The molecule has 3 rings (SSSR count). The molecule has 0 unspecified atom stereocenters. The number of carbonyl (C=O) groups is 2. The lowest BCUT2D eigenvalue weighted by molar-refractivity contribution is -0.186. The number of amides is 2. The fraction of sp³-hybridized carbons (Fsp3) is 0.320. The SMILES string of the molecule is O=C([CH]CCCCN(Cc1ccccc1)C(=O)C(F)(F)F)N(Cc1cccs1)Cc1cccs1. The Morgan fingerprint density at radius 2 is 1.41 bits per heavy atom. The van der Waals surface area contributed by atoms with Crippen molar-refractivity contribution in [3.63, 3.8) is 0 Å². The Morgan fingerprint density at radius 1 is 0.794 bits per heavy atom. The molecule has 0 bridgehead atoms. The molecule has 0 aliphatic carbocycles. The summed E-state index contributed by atoms with van der Waals surface area (Å²) in [6.45, 7) is 0.895. The van der Waals surface area contributed by atoms with Crippen LogP contribution < -0.4 is 0 Å². The second-order valence-electron chi connectivity index (χ2n) is 7.76. The van der Waals surface area contributed by atoms with Crippen molar-refractivity contribution >= 4 is 34.5 Å². The first-order valence-electron chi connectivity index (χ1n) is 10.9. The summed E-state index contributed by atoms with van der Waals surface area (Å²) in [5.41, 5.74) is 0.639. The van der Waals surface area contributed by atoms with Gasteiger partial charge in [0.05, 0.1) is 13.1 Å². The Balaban J connectivity index is 1.49. The number of halogens is 3. The van der Waals surface area contributed by atoms with E-state index in [0.717, 1.165) is 14.7 Å². The Labute approximate surface area is 205 Å². The molecule has 2 amide bonds. The van der Waals surface area contributed by atoms with Crippen LogP contribution in [0.1, 0.15) is 34.6 Å². The second kappa shape index (κ2) is 12.7. The molecule has 1 radical (unpaired) electrons. The summed E-state index contributed by atoms with van der Waals surface area (Å²) in [6, 6.07) is 16.5. The molecule has 0 saturated carbocycles. The monoisotopic (exact) mass is 507 g/mol. The largest absolute Gasteiger partial charge is 0.471 e. The van der Waals surface area contributed by atoms with Gasteiger partial charge < -0.3 is 9.80 Å². The number of carbonyl (C=O) groups excluding carboxylic acids is 2. The molecule has 0 spiro atoms. The maximum atomic E-state index is 13.0. The van der Waals surface area contributed by atoms with E-state index in [1.165, 1.54) is 0 Å². The average Bonchev–Trinajstić information content (AvgIpc) is 3.51. The van der Waals surface area contributed by atoms with E-state index in [1.54, 1.807) is 64.3 Å². The summed E-state index contributed by atoms with van der Waals surface area (Å²) in [5.74, 6) is -1.94. The molecule has 0 atom stereocenters. The lowest BCUT2D eigenvalue weighted by Gasteiger charge is -2.24. The highest BCUT2D eigenvalue weighted by molar-refractivity contribution is 7.10. The van der Waals surface area contributed by atoms with Crippen molar-refractivity contribution < 1.29 is 22.8 Å². The summed E-state index contributed by atoms with van der Waals surface area (Å²) >= 11 is 3.18. The van der Waals surface area contributed by atoms with Gasteiger partial charge in [-0.25, -0.2) is 0 Å². The third-order valence-corrected chi connectivity index (χ3v) is 6.83. The first-order valence-corrected chi connectivity index (χ1v) is 12.7. The predicted molar refractivity (Wildman–Crippen MR) is 129 cm³/mol. The molecular weight excluding hydrogens is 481 g/mol. The number of thiophene rings is 2. The van der Waals surface area contributed by atoms with Crippen molar-refractivity contribution in [1.29, 1.82) is 0 Å². The van der Waals surface area contributed by atoms with Gasteiger partial charge in [0.1, 0.15) is 0 Å². The van der Waals surface area contributed by atoms with E-state index in [2.05, 4.69) is 0 Å². The van der Waals surface area contributed by atoms with Crippen LogP contribution in [0.15, 0.2) is 65.4 Å². The van der Waals surface area contributed by atoms with Crippen LogP contribution in [-0.2, 0) is 29.2 Å². The van der Waals surface area contributed by atoms with Gasteiger partial charge >= 0.3 is 12.1 Å². The molecule has 0 N–H and O–H groups in total. The van der Waals surface area contributed by atoms with Gasteiger partial charge in [0.15, 0.2) is 0 Å². The van der Waals surface area contributed by atoms with Crippen molar-refractivity contribution in [1.82, 2.24) is 9.80 Å². The third-order valence-electron chi connectivity index (χ3n) is 5.11. The molecule has 1 aromatic carbocycles. The number of hydrogen-bond donors (Lipinski definition) is 0. The number of unbranched alkanes of at least 4 members (excludes halogenated alkanes) is 2. The van der Waals surface area contributed by atoms with E-state index in [0.29, 0.717) is 37.9 Å². The standard InChI is InChI=1S/C25H26F3N2O2S2/c26-25(27,28)24(32)29(17-20-9-3-1-4-10-20)14-6-2-5-13-23(31)30(18-21-11-7-15-33-21)19-22-12-8-16-34-22/h1,3-4,7-13,15-16H,2,5-6,14,17-19H2. The van der Waals surface area contributed by atoms with Gasteiger partial charge in [-0.1, -0.05) is 48.9 Å². The molecule has 3 aromatic rings. The molecule has 34 heavy (non-hydrogen) atoms. The highest BCUT2D eigenvalue weighted by Crippen LogP contribution is 2.21. The van der Waals surface area contributed by atoms with E-state index in [1.807, 2.05) is 35.0 Å². The van der Waals surface area contributed by atoms with Gasteiger partial charge in [-0.3, -0.25) is 9.59 Å². The summed E-state index contributed by atoms with van der Waals surface area (Å²) in [6.07, 6.45) is -2.01. The maximum absolute atomic E-state index is 13.0. The van der Waals surface area contributed by atoms with E-state index < -0.39 is 12.1 Å². The first kappa shape index (κ1) is 26.0. The lowest BCUT2D eigenvalue weighted by Crippen LogP contribution is -2.41. The van der Waals surface area contributed by atoms with Crippen molar-refractivity contribution in [2.45, 2.75) is 45.1 Å². The van der Waals surface area contributed by atoms with Crippen LogP contribution in [0.5, 0.6) is 0 Å². The van der Waals surface area contributed by atoms with Crippen molar-refractivity contribution in [2.24, 2.45) is 0 Å². The molecule has 0 fully saturated rings. The number of alkyl halides is 3. The number of nitrogens with zero attached hydrogens (tertiary/aromatic N) is 2. The predicted octanol–water partition coefficient (Wildman–Crippen LogP) is 6.30. The lowest BCUT2D eigenvalue weighted by atomic mass is 10.1. The molecule has 2 aromatic heterocycles. The highest BCUT2D eigenvalue weighted by Gasteiger charge is 2.42. The molecule has 9 heteroatoms. The first-order chi connectivity index (χ1) is 16.3. The van der Waals surface area contributed by atoms with E-state index in [9.17, 15) is 22.8 Å². The van der Waals surface area contributed by atoms with Gasteiger partial charge in [0, 0.05) is 29.3 Å². The summed E-state index contributed by atoms with van der Waals surface area (Å²) < 4.78 is 39.1. The molecule has 2 heterocycles. The summed E-state index contributed by atoms with van der Waals surface area (Å²) in [4.78, 5) is 29.5. The van der Waals surface area contributed by atoms with Crippen molar-refractivity contribution in [2.75, 3.05) is 6.54 Å². The normalized spacial score (nSPS) is 11.4. The zero-order chi connectivity index (χ0) is 24.4. The summed E-state index contributed by atoms with van der Waals surface area (Å²) in [7, 11) is 0. The highest BCUT2D eigenvalue weighted by atomic mass is 32.1. The van der Waals surface area contributed by atoms with Gasteiger partial charge in [-0.15, -0.1) is 22.7 Å². The molecule has 181 valence electrons. The minimum atomic E-state index is -4.92. The van der Waals surface area contributed by atoms with Crippen molar-refractivity contribution in [3.8, 4) is 0 Å². The fourth-order valence-corrected chi connectivity index (χ4v) is 4.87. The Kier molecular flexibility index (Phi) is 9.71. The zero-order valence-corrected chi connectivity index (χ0v) is 20.2. The molecule has 0 saturated heterocycles. The topological polar surface area (TPSA) is 40.6 Å². The third kappa shape index (κ3) is 8.29. The number of benzene rings is 1. The smallest absolute Gasteiger partial charge is 0.332 e. The zero-order valence-electron chi connectivity index (χ0n) is 18.5. The van der Waals surface area contributed by atoms with Crippen LogP contribution in [0.4, 0.5) is 13.2 Å². The van der Waals surface area contributed by atoms with E-state index in [-0.39, 0.29) is 19.0 Å². The average molecular weight is 508 g/mol. The van der Waals surface area contributed by atoms with Gasteiger partial charge in [-0.2, -0.15) is 13.2 Å². The van der Waals surface area contributed by atoms with Crippen LogP contribution in [0.25, 0.3) is 0 Å². The maximum Gasteiger partial charge on any atom is 0.471 e. The molecular formula is C25H26F3N2O2S2. The Hall–Kier alpha value is -2.65. The number of hydrogen-bond acceptors (Lipinski definition) is 4. The van der Waals surface area contributed by atoms with E-state index in [4.69, 9.17) is 0 Å². The van der Waals surface area contributed by atoms with Gasteiger partial charge in [0.25, 0.3) is 0 Å². The second-order valence-corrected chi connectivity index (χ2v) is 9.83. The summed E-state index contributed by atoms with van der Waals surface area (Å²) in [5, 5.41) is 3.94. The molecule has 4 nitrogen and oxygen atoms in total. The van der Waals surface area contributed by atoms with Crippen LogP contribution in [-0.4, -0.2) is 34.3 Å². The van der Waals surface area contributed by atoms with Crippen LogP contribution >= 0.6 is 22.7 Å².